The van der Waals surface area contributed by atoms with Gasteiger partial charge < -0.3 is 4.84 Å². The molecular weight excluding hydrogens is 465 g/mol. The molecule has 2 aromatic carbocycles. The van der Waals surface area contributed by atoms with Crippen molar-refractivity contribution in [1.82, 2.24) is 0 Å². The van der Waals surface area contributed by atoms with Crippen LogP contribution in [0.4, 0.5) is 13.2 Å². The Kier molecular flexibility index (Phi) is 5.01. The lowest BCUT2D eigenvalue weighted by Crippen LogP contribution is -2.42. The smallest absolute Gasteiger partial charge is 0.374 e. The summed E-state index contributed by atoms with van der Waals surface area (Å²) in [5, 5.41) is 3.48. The average molecular weight is 474 g/mol. The minimum Gasteiger partial charge on any atom is -0.374 e. The lowest BCUT2D eigenvalue weighted by molar-refractivity contribution is -0.275. The third kappa shape index (κ3) is 3.37. The van der Waals surface area contributed by atoms with E-state index in [2.05, 4.69) is 21.1 Å². The molecule has 9 heteroatoms. The van der Waals surface area contributed by atoms with Gasteiger partial charge in [-0.05, 0) is 24.3 Å². The molecule has 2 nitrogen and oxygen atoms in total. The molecule has 0 aromatic heterocycles. The predicted octanol–water partition coefficient (Wildman–Crippen LogP) is 6.99. The molecule has 0 radical (unpaired) electrons. The molecule has 2 aromatic rings. The molecule has 3 rings (SSSR count). The SMILES string of the molecule is FC(F)(F)C1(c2cc(Cl)c(Cl)c(Cl)c2)CC(c2cccc(Br)c2)=NO1. The van der Waals surface area contributed by atoms with Crippen molar-refractivity contribution in [3.63, 3.8) is 0 Å². The molecule has 0 saturated carbocycles. The van der Waals surface area contributed by atoms with Gasteiger partial charge >= 0.3 is 6.18 Å². The Morgan fingerprint density at radius 1 is 1.08 bits per heavy atom. The molecule has 0 bridgehead atoms. The van der Waals surface area contributed by atoms with E-state index in [1.54, 1.807) is 24.3 Å². The van der Waals surface area contributed by atoms with Gasteiger partial charge in [-0.3, -0.25) is 0 Å². The minimum atomic E-state index is -4.75. The van der Waals surface area contributed by atoms with Crippen molar-refractivity contribution in [1.29, 1.82) is 0 Å². The number of hydrogen-bond donors (Lipinski definition) is 0. The normalized spacial score (nSPS) is 20.4. The van der Waals surface area contributed by atoms with Gasteiger partial charge in [0.25, 0.3) is 5.60 Å². The van der Waals surface area contributed by atoms with Crippen molar-refractivity contribution in [3.8, 4) is 0 Å². The molecule has 0 aliphatic carbocycles. The molecule has 1 atom stereocenters. The van der Waals surface area contributed by atoms with Crippen LogP contribution in [-0.4, -0.2) is 11.9 Å². The van der Waals surface area contributed by atoms with E-state index in [4.69, 9.17) is 39.6 Å². The first kappa shape index (κ1) is 18.8. The van der Waals surface area contributed by atoms with Crippen LogP contribution < -0.4 is 0 Å². The van der Waals surface area contributed by atoms with Crippen LogP contribution in [0.2, 0.25) is 15.1 Å². The number of nitrogens with zero attached hydrogens (tertiary/aromatic N) is 1. The van der Waals surface area contributed by atoms with Gasteiger partial charge in [-0.1, -0.05) is 68.0 Å². The second kappa shape index (κ2) is 6.65. The minimum absolute atomic E-state index is 0.0180. The molecule has 1 heterocycles. The highest BCUT2D eigenvalue weighted by Crippen LogP contribution is 2.50. The first-order valence-electron chi connectivity index (χ1n) is 6.87. The van der Waals surface area contributed by atoms with E-state index in [0.29, 0.717) is 5.56 Å². The maximum Gasteiger partial charge on any atom is 0.435 e. The summed E-state index contributed by atoms with van der Waals surface area (Å²) in [4.78, 5) is 4.94. The van der Waals surface area contributed by atoms with Gasteiger partial charge in [0, 0.05) is 22.0 Å². The molecule has 0 saturated heterocycles. The molecule has 0 spiro atoms. The lowest BCUT2D eigenvalue weighted by atomic mass is 9.86. The van der Waals surface area contributed by atoms with Gasteiger partial charge in [0.15, 0.2) is 0 Å². The average Bonchev–Trinajstić information content (AvgIpc) is 2.98. The molecule has 25 heavy (non-hydrogen) atoms. The Labute approximate surface area is 164 Å². The van der Waals surface area contributed by atoms with Gasteiger partial charge in [-0.2, -0.15) is 13.2 Å². The topological polar surface area (TPSA) is 21.6 Å². The zero-order valence-electron chi connectivity index (χ0n) is 12.2. The maximum absolute atomic E-state index is 13.9. The summed E-state index contributed by atoms with van der Waals surface area (Å²) < 4.78 is 42.4. The highest BCUT2D eigenvalue weighted by Gasteiger charge is 2.62. The third-order valence-corrected chi connectivity index (χ3v) is 5.48. The lowest BCUT2D eigenvalue weighted by Gasteiger charge is -2.30. The second-order valence-electron chi connectivity index (χ2n) is 5.40. The largest absolute Gasteiger partial charge is 0.435 e. The standard InChI is InChI=1S/C16H8BrCl3F3NO/c17-10-3-1-2-8(4-10)13-7-15(25-24-13,16(21,22)23)9-5-11(18)14(20)12(19)6-9/h1-6H,7H2. The van der Waals surface area contributed by atoms with Crippen LogP contribution in [0.3, 0.4) is 0 Å². The van der Waals surface area contributed by atoms with Crippen molar-refractivity contribution in [2.24, 2.45) is 5.16 Å². The third-order valence-electron chi connectivity index (χ3n) is 3.79. The van der Waals surface area contributed by atoms with Crippen LogP contribution in [0.15, 0.2) is 46.0 Å². The van der Waals surface area contributed by atoms with Crippen molar-refractivity contribution < 1.29 is 18.0 Å². The number of alkyl halides is 3. The van der Waals surface area contributed by atoms with Gasteiger partial charge in [-0.15, -0.1) is 0 Å². The van der Waals surface area contributed by atoms with E-state index in [1.807, 2.05) is 0 Å². The molecule has 1 aliphatic rings. The first-order valence-corrected chi connectivity index (χ1v) is 8.79. The quantitative estimate of drug-likeness (QED) is 0.431. The van der Waals surface area contributed by atoms with Crippen LogP contribution in [0.25, 0.3) is 0 Å². The highest BCUT2D eigenvalue weighted by atomic mass is 79.9. The molecule has 1 unspecified atom stereocenters. The molecule has 132 valence electrons. The predicted molar refractivity (Wildman–Crippen MR) is 95.6 cm³/mol. The Bertz CT molecular complexity index is 849. The number of benzene rings is 2. The molecule has 0 fully saturated rings. The van der Waals surface area contributed by atoms with Crippen molar-refractivity contribution in [3.05, 3.63) is 67.1 Å². The monoisotopic (exact) mass is 471 g/mol. The highest BCUT2D eigenvalue weighted by molar-refractivity contribution is 9.10. The number of oxime groups is 1. The van der Waals surface area contributed by atoms with E-state index in [0.717, 1.165) is 16.6 Å². The Hall–Kier alpha value is -0.950. The van der Waals surface area contributed by atoms with E-state index in [1.165, 1.54) is 0 Å². The van der Waals surface area contributed by atoms with E-state index in [9.17, 15) is 13.2 Å². The van der Waals surface area contributed by atoms with Crippen LogP contribution in [-0.2, 0) is 10.4 Å². The first-order chi connectivity index (χ1) is 11.6. The number of hydrogen-bond acceptors (Lipinski definition) is 2. The van der Waals surface area contributed by atoms with Crippen molar-refractivity contribution >= 4 is 56.4 Å². The summed E-state index contributed by atoms with van der Waals surface area (Å²) in [5.41, 5.74) is -2.25. The fourth-order valence-electron chi connectivity index (χ4n) is 2.52. The number of halogens is 7. The zero-order valence-corrected chi connectivity index (χ0v) is 16.0. The summed E-state index contributed by atoms with van der Waals surface area (Å²) in [5.74, 6) is 0. The van der Waals surface area contributed by atoms with Crippen LogP contribution in [0.1, 0.15) is 17.5 Å². The second-order valence-corrected chi connectivity index (χ2v) is 7.50. The summed E-state index contributed by atoms with van der Waals surface area (Å²) in [7, 11) is 0. The summed E-state index contributed by atoms with van der Waals surface area (Å²) >= 11 is 20.9. The van der Waals surface area contributed by atoms with Crippen LogP contribution >= 0.6 is 50.7 Å². The Morgan fingerprint density at radius 2 is 1.72 bits per heavy atom. The van der Waals surface area contributed by atoms with Gasteiger partial charge in [-0.25, -0.2) is 0 Å². The molecule has 1 aliphatic heterocycles. The molecular formula is C16H8BrCl3F3NO. The summed E-state index contributed by atoms with van der Waals surface area (Å²) in [6.45, 7) is 0. The zero-order chi connectivity index (χ0) is 18.4. The van der Waals surface area contributed by atoms with Gasteiger partial charge in [0.05, 0.1) is 20.8 Å². The Balaban J connectivity index is 2.07. The van der Waals surface area contributed by atoms with E-state index in [-0.39, 0.29) is 26.3 Å². The van der Waals surface area contributed by atoms with E-state index < -0.39 is 18.2 Å². The molecule has 0 amide bonds. The van der Waals surface area contributed by atoms with Crippen molar-refractivity contribution in [2.75, 3.05) is 0 Å². The summed E-state index contributed by atoms with van der Waals surface area (Å²) in [6.07, 6.45) is -5.26. The van der Waals surface area contributed by atoms with Gasteiger partial charge in [0.2, 0.25) is 0 Å². The summed E-state index contributed by atoms with van der Waals surface area (Å²) in [6, 6.07) is 8.98. The van der Waals surface area contributed by atoms with E-state index >= 15 is 0 Å². The fraction of sp³-hybridized carbons (Fsp3) is 0.188. The Morgan fingerprint density at radius 3 is 2.28 bits per heavy atom. The van der Waals surface area contributed by atoms with Gasteiger partial charge in [0.1, 0.15) is 0 Å². The molecule has 0 N–H and O–H groups in total. The van der Waals surface area contributed by atoms with Crippen LogP contribution in [0.5, 0.6) is 0 Å². The van der Waals surface area contributed by atoms with Crippen LogP contribution in [0, 0.1) is 0 Å². The fourth-order valence-corrected chi connectivity index (χ4v) is 3.51. The number of rotatable bonds is 2. The maximum atomic E-state index is 13.9. The van der Waals surface area contributed by atoms with Crippen molar-refractivity contribution in [2.45, 2.75) is 18.2 Å².